The number of nitrogens with zero attached hydrogens (tertiary/aromatic N) is 5. The predicted octanol–water partition coefficient (Wildman–Crippen LogP) is 1.87. The Hall–Kier alpha value is -3.04. The molecule has 1 saturated heterocycles. The van der Waals surface area contributed by atoms with E-state index in [1.54, 1.807) is 24.8 Å². The molecule has 1 unspecified atom stereocenters. The summed E-state index contributed by atoms with van der Waals surface area (Å²) in [4.78, 5) is 23.9. The highest BCUT2D eigenvalue weighted by molar-refractivity contribution is 6.06. The molecule has 0 radical (unpaired) electrons. The van der Waals surface area contributed by atoms with Gasteiger partial charge in [-0.05, 0) is 31.5 Å². The van der Waals surface area contributed by atoms with Crippen molar-refractivity contribution < 1.29 is 9.53 Å². The van der Waals surface area contributed by atoms with Gasteiger partial charge in [-0.2, -0.15) is 5.10 Å². The molecule has 0 spiro atoms. The molecular formula is C21H27N7O2. The highest BCUT2D eigenvalue weighted by Gasteiger charge is 2.22. The fourth-order valence-corrected chi connectivity index (χ4v) is 3.63. The lowest BCUT2D eigenvalue weighted by Gasteiger charge is -2.33. The van der Waals surface area contributed by atoms with Crippen LogP contribution in [0.3, 0.4) is 0 Å². The van der Waals surface area contributed by atoms with E-state index >= 15 is 0 Å². The number of hydrogen-bond donors (Lipinski definition) is 2. The Morgan fingerprint density at radius 2 is 2.00 bits per heavy atom. The van der Waals surface area contributed by atoms with E-state index < -0.39 is 0 Å². The Morgan fingerprint density at radius 1 is 1.23 bits per heavy atom. The summed E-state index contributed by atoms with van der Waals surface area (Å²) in [6.07, 6.45) is 6.87. The molecule has 1 amide bonds. The average molecular weight is 409 g/mol. The van der Waals surface area contributed by atoms with Gasteiger partial charge in [0.05, 0.1) is 42.2 Å². The molecule has 1 fully saturated rings. The molecule has 3 aromatic rings. The molecule has 158 valence electrons. The van der Waals surface area contributed by atoms with Crippen LogP contribution in [0.15, 0.2) is 36.9 Å². The minimum Gasteiger partial charge on any atom is -0.379 e. The lowest BCUT2D eigenvalue weighted by Crippen LogP contribution is -2.45. The van der Waals surface area contributed by atoms with E-state index in [9.17, 15) is 4.79 Å². The van der Waals surface area contributed by atoms with Gasteiger partial charge in [0.1, 0.15) is 0 Å². The van der Waals surface area contributed by atoms with Crippen molar-refractivity contribution in [2.45, 2.75) is 33.1 Å². The maximum atomic E-state index is 13.0. The second-order valence-corrected chi connectivity index (χ2v) is 7.25. The number of amides is 1. The molecule has 0 aromatic carbocycles. The van der Waals surface area contributed by atoms with Crippen molar-refractivity contribution in [3.8, 4) is 0 Å². The van der Waals surface area contributed by atoms with Gasteiger partial charge in [-0.1, -0.05) is 0 Å². The summed E-state index contributed by atoms with van der Waals surface area (Å²) in [5.41, 5.74) is 3.01. The van der Waals surface area contributed by atoms with Crippen LogP contribution in [-0.4, -0.2) is 63.0 Å². The van der Waals surface area contributed by atoms with Crippen molar-refractivity contribution in [2.24, 2.45) is 0 Å². The first-order valence-electron chi connectivity index (χ1n) is 10.3. The quantitative estimate of drug-likeness (QED) is 0.615. The van der Waals surface area contributed by atoms with E-state index in [4.69, 9.17) is 4.74 Å². The SMILES string of the molecule is CCn1ncc2c(NC(C)N3CCOCC3)c(C(=O)NCc3ccncc3)cnc21. The highest BCUT2D eigenvalue weighted by Crippen LogP contribution is 2.27. The summed E-state index contributed by atoms with van der Waals surface area (Å²) in [6.45, 7) is 8.37. The van der Waals surface area contributed by atoms with E-state index in [0.717, 1.165) is 35.4 Å². The van der Waals surface area contributed by atoms with Crippen LogP contribution < -0.4 is 10.6 Å². The number of fused-ring (bicyclic) bond motifs is 1. The molecule has 1 aliphatic rings. The maximum Gasteiger partial charge on any atom is 0.255 e. The fraction of sp³-hybridized carbons (Fsp3) is 0.429. The van der Waals surface area contributed by atoms with Gasteiger partial charge in [0, 0.05) is 44.8 Å². The highest BCUT2D eigenvalue weighted by atomic mass is 16.5. The number of morpholine rings is 1. The number of carbonyl (C=O) groups excluding carboxylic acids is 1. The monoisotopic (exact) mass is 409 g/mol. The summed E-state index contributed by atoms with van der Waals surface area (Å²) in [6, 6.07) is 3.76. The van der Waals surface area contributed by atoms with Gasteiger partial charge in [0.2, 0.25) is 0 Å². The van der Waals surface area contributed by atoms with Crippen molar-refractivity contribution >= 4 is 22.6 Å². The number of hydrogen-bond acceptors (Lipinski definition) is 7. The molecule has 1 aliphatic heterocycles. The Labute approximate surface area is 175 Å². The van der Waals surface area contributed by atoms with Crippen LogP contribution in [0.2, 0.25) is 0 Å². The number of rotatable bonds is 7. The van der Waals surface area contributed by atoms with Gasteiger partial charge in [0.15, 0.2) is 5.65 Å². The number of aromatic nitrogens is 4. The minimum atomic E-state index is -0.179. The predicted molar refractivity (Wildman–Crippen MR) is 114 cm³/mol. The Bertz CT molecular complexity index is 999. The van der Waals surface area contributed by atoms with Gasteiger partial charge in [0.25, 0.3) is 5.91 Å². The molecular weight excluding hydrogens is 382 g/mol. The summed E-state index contributed by atoms with van der Waals surface area (Å²) < 4.78 is 7.29. The first-order valence-corrected chi connectivity index (χ1v) is 10.3. The molecule has 9 heteroatoms. The molecule has 9 nitrogen and oxygen atoms in total. The maximum absolute atomic E-state index is 13.0. The van der Waals surface area contributed by atoms with Crippen LogP contribution in [0, 0.1) is 0 Å². The summed E-state index contributed by atoms with van der Waals surface area (Å²) >= 11 is 0. The van der Waals surface area contributed by atoms with Crippen LogP contribution in [0.25, 0.3) is 11.0 Å². The van der Waals surface area contributed by atoms with Gasteiger partial charge in [-0.25, -0.2) is 9.67 Å². The van der Waals surface area contributed by atoms with E-state index in [1.807, 2.05) is 23.7 Å². The van der Waals surface area contributed by atoms with E-state index in [-0.39, 0.29) is 12.1 Å². The zero-order valence-corrected chi connectivity index (χ0v) is 17.3. The molecule has 0 bridgehead atoms. The van der Waals surface area contributed by atoms with Crippen molar-refractivity contribution in [2.75, 3.05) is 31.6 Å². The van der Waals surface area contributed by atoms with Crippen LogP contribution in [0.5, 0.6) is 0 Å². The summed E-state index contributed by atoms with van der Waals surface area (Å²) in [7, 11) is 0. The summed E-state index contributed by atoms with van der Waals surface area (Å²) in [5, 5.41) is 11.8. The van der Waals surface area contributed by atoms with Crippen LogP contribution in [0.1, 0.15) is 29.8 Å². The number of aryl methyl sites for hydroxylation is 1. The van der Waals surface area contributed by atoms with Crippen LogP contribution in [-0.2, 0) is 17.8 Å². The zero-order chi connectivity index (χ0) is 20.9. The number of anilines is 1. The van der Waals surface area contributed by atoms with Gasteiger partial charge >= 0.3 is 0 Å². The van der Waals surface area contributed by atoms with Gasteiger partial charge in [-0.3, -0.25) is 14.7 Å². The molecule has 4 heterocycles. The minimum absolute atomic E-state index is 0.0382. The van der Waals surface area contributed by atoms with Crippen LogP contribution in [0.4, 0.5) is 5.69 Å². The molecule has 3 aromatic heterocycles. The number of nitrogens with one attached hydrogen (secondary N) is 2. The number of carbonyl (C=O) groups is 1. The summed E-state index contributed by atoms with van der Waals surface area (Å²) in [5.74, 6) is -0.179. The molecule has 4 rings (SSSR count). The lowest BCUT2D eigenvalue weighted by atomic mass is 10.1. The fourth-order valence-electron chi connectivity index (χ4n) is 3.63. The molecule has 0 saturated carbocycles. The zero-order valence-electron chi connectivity index (χ0n) is 17.3. The van der Waals surface area contributed by atoms with E-state index in [2.05, 4.69) is 37.5 Å². The second-order valence-electron chi connectivity index (χ2n) is 7.25. The van der Waals surface area contributed by atoms with Crippen molar-refractivity contribution in [1.82, 2.24) is 30.0 Å². The molecule has 1 atom stereocenters. The Balaban J connectivity index is 1.62. The van der Waals surface area contributed by atoms with Gasteiger partial charge < -0.3 is 15.4 Å². The topological polar surface area (TPSA) is 97.2 Å². The van der Waals surface area contributed by atoms with E-state index in [0.29, 0.717) is 31.9 Å². The number of ether oxygens (including phenoxy) is 1. The van der Waals surface area contributed by atoms with Crippen molar-refractivity contribution in [1.29, 1.82) is 0 Å². The smallest absolute Gasteiger partial charge is 0.255 e. The van der Waals surface area contributed by atoms with Crippen molar-refractivity contribution in [3.05, 3.63) is 48.0 Å². The third kappa shape index (κ3) is 4.27. The average Bonchev–Trinajstić information content (AvgIpc) is 3.22. The third-order valence-electron chi connectivity index (χ3n) is 5.36. The molecule has 30 heavy (non-hydrogen) atoms. The van der Waals surface area contributed by atoms with Crippen molar-refractivity contribution in [3.63, 3.8) is 0 Å². The third-order valence-corrected chi connectivity index (χ3v) is 5.36. The standard InChI is InChI=1S/C21H27N7O2/c1-3-28-20-17(14-25-28)19(26-15(2)27-8-10-30-11-9-27)18(13-23-20)21(29)24-12-16-4-6-22-7-5-16/h4-7,13-15H,3,8-12H2,1-2H3,(H,23,26)(H,24,29). The van der Waals surface area contributed by atoms with E-state index in [1.165, 1.54) is 0 Å². The Morgan fingerprint density at radius 3 is 2.73 bits per heavy atom. The Kier molecular flexibility index (Phi) is 6.20. The first kappa shape index (κ1) is 20.2. The first-order chi connectivity index (χ1) is 14.7. The lowest BCUT2D eigenvalue weighted by molar-refractivity contribution is 0.0254. The normalized spacial score (nSPS) is 15.8. The van der Waals surface area contributed by atoms with Crippen LogP contribution >= 0.6 is 0 Å². The second kappa shape index (κ2) is 9.19. The van der Waals surface area contributed by atoms with Gasteiger partial charge in [-0.15, -0.1) is 0 Å². The molecule has 2 N–H and O–H groups in total. The largest absolute Gasteiger partial charge is 0.379 e. The number of pyridine rings is 2. The molecule has 0 aliphatic carbocycles.